The third-order valence-corrected chi connectivity index (χ3v) is 7.95. The monoisotopic (exact) mass is 361 g/mol. The molecule has 4 atom stereocenters. The molecule has 0 aromatic rings. The van der Waals surface area contributed by atoms with Crippen LogP contribution in [0.5, 0.6) is 0 Å². The van der Waals surface area contributed by atoms with Crippen LogP contribution >= 0.6 is 0 Å². The van der Waals surface area contributed by atoms with E-state index < -0.39 is 51.0 Å². The zero-order chi connectivity index (χ0) is 18.7. The molecule has 0 bridgehead atoms. The van der Waals surface area contributed by atoms with E-state index in [4.69, 9.17) is 19.4 Å². The molecule has 2 N–H and O–H groups in total. The van der Waals surface area contributed by atoms with Gasteiger partial charge in [-0.1, -0.05) is 19.0 Å². The Kier molecular flexibility index (Phi) is 6.80. The molecule has 24 heavy (non-hydrogen) atoms. The summed E-state index contributed by atoms with van der Waals surface area (Å²) in [6.45, 7) is 10.7. The lowest BCUT2D eigenvalue weighted by Gasteiger charge is -2.37. The van der Waals surface area contributed by atoms with Crippen LogP contribution in [0.3, 0.4) is 0 Å². The van der Waals surface area contributed by atoms with Gasteiger partial charge in [0.25, 0.3) is 0 Å². The molecule has 1 saturated heterocycles. The second-order valence-electron chi connectivity index (χ2n) is 7.15. The number of hydrogen-bond acceptors (Lipinski definition) is 6. The van der Waals surface area contributed by atoms with E-state index in [2.05, 4.69) is 10.0 Å². The molecule has 0 unspecified atom stereocenters. The maximum Gasteiger partial charge on any atom is 0.335 e. The summed E-state index contributed by atoms with van der Waals surface area (Å²) in [5.74, 6) is -2.31. The lowest BCUT2D eigenvalue weighted by Crippen LogP contribution is -2.53. The number of aliphatic hydroxyl groups excluding tert-OH is 1. The summed E-state index contributed by atoms with van der Waals surface area (Å²) in [7, 11) is -2.25. The number of azide groups is 1. The number of carboxylic acid groups (broad SMARTS) is 1. The minimum absolute atomic E-state index is 0.226. The average molecular weight is 361 g/mol. The van der Waals surface area contributed by atoms with Crippen molar-refractivity contribution in [2.45, 2.75) is 76.5 Å². The average Bonchev–Trinajstić information content (AvgIpc) is 2.78. The first-order valence-electron chi connectivity index (χ1n) is 7.86. The Morgan fingerprint density at radius 2 is 2.00 bits per heavy atom. The molecule has 0 aromatic heterocycles. The maximum atomic E-state index is 11.6. The Bertz CT molecular complexity index is 507. The Morgan fingerprint density at radius 1 is 1.42 bits per heavy atom. The third kappa shape index (κ3) is 4.92. The highest BCUT2D eigenvalue weighted by Gasteiger charge is 2.52. The summed E-state index contributed by atoms with van der Waals surface area (Å²) in [6.07, 6.45) is -3.19. The van der Waals surface area contributed by atoms with Crippen molar-refractivity contribution in [3.05, 3.63) is 10.4 Å². The summed E-state index contributed by atoms with van der Waals surface area (Å²) in [4.78, 5) is 14.3. The van der Waals surface area contributed by atoms with Gasteiger partial charge in [-0.15, -0.1) is 0 Å². The van der Waals surface area contributed by atoms with E-state index >= 15 is 0 Å². The van der Waals surface area contributed by atoms with Crippen molar-refractivity contribution < 1.29 is 28.9 Å². The van der Waals surface area contributed by atoms with E-state index in [9.17, 15) is 15.0 Å². The Labute approximate surface area is 142 Å². The molecule has 1 rings (SSSR count). The molecule has 1 fully saturated rings. The van der Waals surface area contributed by atoms with Gasteiger partial charge in [-0.2, -0.15) is 0 Å². The van der Waals surface area contributed by atoms with Crippen LogP contribution in [-0.2, 0) is 18.7 Å². The minimum Gasteiger partial charge on any atom is -0.479 e. The fourth-order valence-corrected chi connectivity index (χ4v) is 3.61. The first-order chi connectivity index (χ1) is 10.9. The second-order valence-corrected chi connectivity index (χ2v) is 11.8. The quantitative estimate of drug-likeness (QED) is 0.295. The van der Waals surface area contributed by atoms with Gasteiger partial charge < -0.3 is 24.1 Å². The molecule has 9 nitrogen and oxygen atoms in total. The SMILES string of the molecule is CC(C)[Si](C)(C)O[C@@H]([C@@H]1OC(C)(C)O[C@@H]1C(=O)O)[C@@H](CO)N=[N+]=[N-]. The number of carboxylic acids is 1. The van der Waals surface area contributed by atoms with E-state index in [1.807, 2.05) is 26.9 Å². The number of carbonyl (C=O) groups is 1. The van der Waals surface area contributed by atoms with Gasteiger partial charge in [0.2, 0.25) is 0 Å². The van der Waals surface area contributed by atoms with Crippen LogP contribution in [0, 0.1) is 0 Å². The third-order valence-electron chi connectivity index (χ3n) is 4.29. The molecule has 138 valence electrons. The van der Waals surface area contributed by atoms with Crippen molar-refractivity contribution in [2.24, 2.45) is 5.11 Å². The van der Waals surface area contributed by atoms with E-state index in [1.165, 1.54) is 0 Å². The van der Waals surface area contributed by atoms with Crippen molar-refractivity contribution in [1.29, 1.82) is 0 Å². The zero-order valence-corrected chi connectivity index (χ0v) is 16.0. The van der Waals surface area contributed by atoms with Crippen LogP contribution < -0.4 is 0 Å². The molecule has 1 aliphatic rings. The van der Waals surface area contributed by atoms with Gasteiger partial charge in [0.1, 0.15) is 6.10 Å². The van der Waals surface area contributed by atoms with Crippen molar-refractivity contribution >= 4 is 14.3 Å². The van der Waals surface area contributed by atoms with Crippen molar-refractivity contribution in [2.75, 3.05) is 6.61 Å². The van der Waals surface area contributed by atoms with Crippen LogP contribution in [0.15, 0.2) is 5.11 Å². The van der Waals surface area contributed by atoms with E-state index in [-0.39, 0.29) is 5.54 Å². The molecular weight excluding hydrogens is 334 g/mol. The van der Waals surface area contributed by atoms with Gasteiger partial charge in [-0.3, -0.25) is 0 Å². The van der Waals surface area contributed by atoms with Gasteiger partial charge in [0.15, 0.2) is 20.2 Å². The highest BCUT2D eigenvalue weighted by molar-refractivity contribution is 6.72. The predicted molar refractivity (Wildman–Crippen MR) is 88.9 cm³/mol. The molecule has 1 aliphatic heterocycles. The molecule has 0 radical (unpaired) electrons. The number of aliphatic carboxylic acids is 1. The normalized spacial score (nSPS) is 26.0. The number of nitrogens with zero attached hydrogens (tertiary/aromatic N) is 3. The molecule has 0 amide bonds. The number of hydrogen-bond donors (Lipinski definition) is 2. The van der Waals surface area contributed by atoms with Crippen LogP contribution in [0.25, 0.3) is 10.4 Å². The first kappa shape index (κ1) is 20.9. The molecule has 0 saturated carbocycles. The van der Waals surface area contributed by atoms with E-state index in [1.54, 1.807) is 13.8 Å². The number of ether oxygens (including phenoxy) is 2. The molecule has 1 heterocycles. The minimum atomic E-state index is -2.25. The highest BCUT2D eigenvalue weighted by atomic mass is 28.4. The first-order valence-corrected chi connectivity index (χ1v) is 10.8. The van der Waals surface area contributed by atoms with Crippen molar-refractivity contribution in [3.63, 3.8) is 0 Å². The number of aliphatic hydroxyl groups is 1. The lowest BCUT2D eigenvalue weighted by atomic mass is 10.0. The molecule has 10 heteroatoms. The largest absolute Gasteiger partial charge is 0.479 e. The Balaban J connectivity index is 3.25. The van der Waals surface area contributed by atoms with Crippen molar-refractivity contribution in [3.8, 4) is 0 Å². The van der Waals surface area contributed by atoms with E-state index in [0.717, 1.165) is 0 Å². The van der Waals surface area contributed by atoms with Crippen LogP contribution in [-0.4, -0.2) is 61.2 Å². The fraction of sp³-hybridized carbons (Fsp3) is 0.929. The lowest BCUT2D eigenvalue weighted by molar-refractivity contribution is -0.167. The van der Waals surface area contributed by atoms with Crippen LogP contribution in [0.2, 0.25) is 18.6 Å². The molecular formula is C14H27N3O6Si. The summed E-state index contributed by atoms with van der Waals surface area (Å²) in [6, 6.07) is -0.968. The predicted octanol–water partition coefficient (Wildman–Crippen LogP) is 2.26. The highest BCUT2D eigenvalue weighted by Crippen LogP contribution is 2.35. The Morgan fingerprint density at radius 3 is 2.42 bits per heavy atom. The van der Waals surface area contributed by atoms with Gasteiger partial charge in [-0.25, -0.2) is 4.79 Å². The van der Waals surface area contributed by atoms with Crippen LogP contribution in [0.4, 0.5) is 0 Å². The Hall–Kier alpha value is -1.16. The molecule has 0 spiro atoms. The maximum absolute atomic E-state index is 11.6. The number of rotatable bonds is 8. The van der Waals surface area contributed by atoms with Gasteiger partial charge >= 0.3 is 5.97 Å². The van der Waals surface area contributed by atoms with Gasteiger partial charge in [0.05, 0.1) is 18.8 Å². The summed E-state index contributed by atoms with van der Waals surface area (Å²) in [5, 5.41) is 22.6. The molecule has 0 aliphatic carbocycles. The second kappa shape index (κ2) is 7.81. The smallest absolute Gasteiger partial charge is 0.335 e. The summed E-state index contributed by atoms with van der Waals surface area (Å²) in [5.41, 5.74) is 8.99. The zero-order valence-electron chi connectivity index (χ0n) is 15.0. The topological polar surface area (TPSA) is 134 Å². The van der Waals surface area contributed by atoms with Gasteiger partial charge in [0, 0.05) is 4.91 Å². The van der Waals surface area contributed by atoms with Crippen molar-refractivity contribution in [1.82, 2.24) is 0 Å². The van der Waals surface area contributed by atoms with Gasteiger partial charge in [-0.05, 0) is 38.0 Å². The van der Waals surface area contributed by atoms with Crippen LogP contribution in [0.1, 0.15) is 27.7 Å². The van der Waals surface area contributed by atoms with E-state index in [0.29, 0.717) is 0 Å². The molecule has 0 aromatic carbocycles. The summed E-state index contributed by atoms with van der Waals surface area (Å²) >= 11 is 0. The standard InChI is InChI=1S/C14H27N3O6Si/c1-8(2)24(5,6)23-10(9(7-18)16-17-15)11-12(13(19)20)22-14(3,4)21-11/h8-12,18H,7H2,1-6H3,(H,19,20)/t9-,10-,11+,12+/m1/s1. The summed E-state index contributed by atoms with van der Waals surface area (Å²) < 4.78 is 17.4. The fourth-order valence-electron chi connectivity index (χ4n) is 2.34.